The molecule has 0 bridgehead atoms. The van der Waals surface area contributed by atoms with E-state index in [1.165, 1.54) is 4.90 Å². The molecule has 1 saturated heterocycles. The number of hydrogen-bond acceptors (Lipinski definition) is 3. The highest BCUT2D eigenvalue weighted by Crippen LogP contribution is 2.39. The maximum atomic E-state index is 12.6. The second kappa shape index (κ2) is 6.95. The summed E-state index contributed by atoms with van der Waals surface area (Å²) >= 11 is 5.88. The third kappa shape index (κ3) is 3.08. The average molecular weight is 354 g/mol. The minimum Gasteiger partial charge on any atom is -0.507 e. The zero-order valence-corrected chi connectivity index (χ0v) is 14.1. The van der Waals surface area contributed by atoms with Crippen LogP contribution in [-0.4, -0.2) is 28.2 Å². The van der Waals surface area contributed by atoms with Crippen LogP contribution in [0.4, 0.5) is 0 Å². The molecule has 0 radical (unpaired) electrons. The summed E-state index contributed by atoms with van der Waals surface area (Å²) in [6.45, 7) is 3.86. The van der Waals surface area contributed by atoms with E-state index >= 15 is 0 Å². The fourth-order valence-electron chi connectivity index (χ4n) is 2.95. The first-order valence-electron chi connectivity index (χ1n) is 7.74. The topological polar surface area (TPSA) is 57.6 Å². The first-order valence-corrected chi connectivity index (χ1v) is 8.12. The van der Waals surface area contributed by atoms with Gasteiger partial charge in [0.15, 0.2) is 0 Å². The van der Waals surface area contributed by atoms with Gasteiger partial charge in [-0.2, -0.15) is 0 Å². The van der Waals surface area contributed by atoms with E-state index in [9.17, 15) is 14.7 Å². The fourth-order valence-corrected chi connectivity index (χ4v) is 3.08. The van der Waals surface area contributed by atoms with Gasteiger partial charge in [-0.05, 0) is 29.8 Å². The lowest BCUT2D eigenvalue weighted by atomic mass is 9.95. The van der Waals surface area contributed by atoms with Crippen molar-refractivity contribution < 1.29 is 14.7 Å². The molecular formula is C20H16ClNO3. The van der Waals surface area contributed by atoms with Crippen LogP contribution in [0.15, 0.2) is 72.8 Å². The molecule has 1 fully saturated rings. The van der Waals surface area contributed by atoms with Crippen molar-refractivity contribution in [2.75, 3.05) is 6.54 Å². The van der Waals surface area contributed by atoms with Crippen LogP contribution in [0.5, 0.6) is 0 Å². The molecular weight excluding hydrogens is 338 g/mol. The average Bonchev–Trinajstić information content (AvgIpc) is 2.88. The molecule has 0 saturated carbocycles. The number of carbonyl (C=O) groups is 2. The smallest absolute Gasteiger partial charge is 0.295 e. The van der Waals surface area contributed by atoms with E-state index < -0.39 is 17.7 Å². The number of benzene rings is 2. The van der Waals surface area contributed by atoms with Crippen molar-refractivity contribution >= 4 is 29.1 Å². The van der Waals surface area contributed by atoms with Crippen LogP contribution >= 0.6 is 11.6 Å². The fraction of sp³-hybridized carbons (Fsp3) is 0.100. The predicted molar refractivity (Wildman–Crippen MR) is 97.1 cm³/mol. The summed E-state index contributed by atoms with van der Waals surface area (Å²) in [5, 5.41) is 11.2. The van der Waals surface area contributed by atoms with Crippen LogP contribution in [-0.2, 0) is 9.59 Å². The third-order valence-electron chi connectivity index (χ3n) is 4.10. The van der Waals surface area contributed by atoms with Crippen LogP contribution in [0.2, 0.25) is 5.02 Å². The van der Waals surface area contributed by atoms with Gasteiger partial charge >= 0.3 is 0 Å². The molecule has 1 aliphatic heterocycles. The molecule has 1 N–H and O–H groups in total. The van der Waals surface area contributed by atoms with E-state index in [2.05, 4.69) is 6.58 Å². The minimum absolute atomic E-state index is 0.0698. The molecule has 5 heteroatoms. The van der Waals surface area contributed by atoms with E-state index in [1.54, 1.807) is 30.3 Å². The molecule has 2 aromatic carbocycles. The Bertz CT molecular complexity index is 856. The summed E-state index contributed by atoms with van der Waals surface area (Å²) in [5.74, 6) is -1.57. The Kier molecular flexibility index (Phi) is 4.72. The molecule has 1 atom stereocenters. The normalized spacial score (nSPS) is 19.2. The van der Waals surface area contributed by atoms with Gasteiger partial charge < -0.3 is 10.0 Å². The standard InChI is InChI=1S/C20H16ClNO3/c1-2-12-22-17(13-6-4-3-5-7-13)16(19(24)20(22)25)18(23)14-8-10-15(21)11-9-14/h2-11,17,23H,1,12H2/b18-16+/t17-/m0/s1. The van der Waals surface area contributed by atoms with Crippen LogP contribution in [0.3, 0.4) is 0 Å². The van der Waals surface area contributed by atoms with Crippen molar-refractivity contribution in [3.8, 4) is 0 Å². The van der Waals surface area contributed by atoms with Gasteiger partial charge in [0.2, 0.25) is 0 Å². The van der Waals surface area contributed by atoms with Crippen LogP contribution in [0, 0.1) is 0 Å². The van der Waals surface area contributed by atoms with E-state index in [0.29, 0.717) is 10.6 Å². The van der Waals surface area contributed by atoms with Crippen LogP contribution in [0.25, 0.3) is 5.76 Å². The number of hydrogen-bond donors (Lipinski definition) is 1. The number of nitrogens with zero attached hydrogens (tertiary/aromatic N) is 1. The lowest BCUT2D eigenvalue weighted by Gasteiger charge is -2.24. The van der Waals surface area contributed by atoms with E-state index in [1.807, 2.05) is 30.3 Å². The number of aliphatic hydroxyl groups excluding tert-OH is 1. The molecule has 25 heavy (non-hydrogen) atoms. The van der Waals surface area contributed by atoms with Crippen molar-refractivity contribution in [1.82, 2.24) is 4.90 Å². The summed E-state index contributed by atoms with van der Waals surface area (Å²) in [4.78, 5) is 26.4. The Labute approximate surface area is 150 Å². The molecule has 0 aromatic heterocycles. The van der Waals surface area contributed by atoms with Gasteiger partial charge in [0, 0.05) is 17.1 Å². The highest BCUT2D eigenvalue weighted by Gasteiger charge is 2.45. The van der Waals surface area contributed by atoms with Gasteiger partial charge in [-0.25, -0.2) is 0 Å². The van der Waals surface area contributed by atoms with Gasteiger partial charge in [0.25, 0.3) is 11.7 Å². The van der Waals surface area contributed by atoms with Gasteiger partial charge in [-0.15, -0.1) is 6.58 Å². The summed E-state index contributed by atoms with van der Waals surface area (Å²) in [6.07, 6.45) is 1.56. The summed E-state index contributed by atoms with van der Waals surface area (Å²) in [5.41, 5.74) is 1.25. The lowest BCUT2D eigenvalue weighted by Crippen LogP contribution is -2.29. The molecule has 2 aromatic rings. The van der Waals surface area contributed by atoms with Crippen molar-refractivity contribution in [1.29, 1.82) is 0 Å². The summed E-state index contributed by atoms with van der Waals surface area (Å²) in [7, 11) is 0. The SMILES string of the molecule is C=CCN1C(=O)C(=O)/C(=C(/O)c2ccc(Cl)cc2)[C@@H]1c1ccccc1. The Morgan fingerprint density at radius 1 is 1.12 bits per heavy atom. The van der Waals surface area contributed by atoms with Crippen molar-refractivity contribution in [3.63, 3.8) is 0 Å². The number of aliphatic hydroxyl groups is 1. The number of carbonyl (C=O) groups excluding carboxylic acids is 2. The first-order chi connectivity index (χ1) is 12.0. The number of likely N-dealkylation sites (tertiary alicyclic amines) is 1. The molecule has 1 aliphatic rings. The predicted octanol–water partition coefficient (Wildman–Crippen LogP) is 3.95. The molecule has 0 spiro atoms. The highest BCUT2D eigenvalue weighted by molar-refractivity contribution is 6.46. The maximum Gasteiger partial charge on any atom is 0.295 e. The Morgan fingerprint density at radius 3 is 2.36 bits per heavy atom. The quantitative estimate of drug-likeness (QED) is 0.392. The third-order valence-corrected chi connectivity index (χ3v) is 4.35. The zero-order chi connectivity index (χ0) is 18.0. The molecule has 126 valence electrons. The van der Waals surface area contributed by atoms with E-state index in [-0.39, 0.29) is 17.9 Å². The molecule has 1 amide bonds. The minimum atomic E-state index is -0.705. The largest absolute Gasteiger partial charge is 0.507 e. The number of rotatable bonds is 4. The number of amides is 1. The number of Topliss-reactive ketones (excluding diaryl/α,β-unsaturated/α-hetero) is 1. The van der Waals surface area contributed by atoms with E-state index in [0.717, 1.165) is 5.56 Å². The Hall–Kier alpha value is -2.85. The van der Waals surface area contributed by atoms with Crippen molar-refractivity contribution in [2.24, 2.45) is 0 Å². The maximum absolute atomic E-state index is 12.6. The molecule has 1 heterocycles. The number of halogens is 1. The van der Waals surface area contributed by atoms with Gasteiger partial charge in [0.1, 0.15) is 5.76 Å². The molecule has 0 aliphatic carbocycles. The molecule has 3 rings (SSSR count). The molecule has 4 nitrogen and oxygen atoms in total. The number of ketones is 1. The Morgan fingerprint density at radius 2 is 1.76 bits per heavy atom. The van der Waals surface area contributed by atoms with Crippen molar-refractivity contribution in [2.45, 2.75) is 6.04 Å². The van der Waals surface area contributed by atoms with Crippen molar-refractivity contribution in [3.05, 3.63) is 89.0 Å². The lowest BCUT2D eigenvalue weighted by molar-refractivity contribution is -0.139. The summed E-state index contributed by atoms with van der Waals surface area (Å²) in [6, 6.07) is 14.9. The second-order valence-electron chi connectivity index (χ2n) is 5.66. The Balaban J connectivity index is 2.19. The van der Waals surface area contributed by atoms with Crippen LogP contribution < -0.4 is 0 Å². The van der Waals surface area contributed by atoms with Gasteiger partial charge in [0.05, 0.1) is 11.6 Å². The monoisotopic (exact) mass is 353 g/mol. The molecule has 0 unspecified atom stereocenters. The second-order valence-corrected chi connectivity index (χ2v) is 6.09. The van der Waals surface area contributed by atoms with Crippen LogP contribution in [0.1, 0.15) is 17.2 Å². The zero-order valence-electron chi connectivity index (χ0n) is 13.4. The summed E-state index contributed by atoms with van der Waals surface area (Å²) < 4.78 is 0. The van der Waals surface area contributed by atoms with Gasteiger partial charge in [-0.1, -0.05) is 48.0 Å². The van der Waals surface area contributed by atoms with Gasteiger partial charge in [-0.3, -0.25) is 9.59 Å². The highest BCUT2D eigenvalue weighted by atomic mass is 35.5. The van der Waals surface area contributed by atoms with E-state index in [4.69, 9.17) is 11.6 Å². The first kappa shape index (κ1) is 17.0.